The number of hydrogen-bond donors (Lipinski definition) is 1. The third-order valence-electron chi connectivity index (χ3n) is 4.44. The average molecular weight is 330 g/mol. The Labute approximate surface area is 133 Å². The van der Waals surface area contributed by atoms with Crippen LogP contribution in [0.3, 0.4) is 0 Å². The number of likely N-dealkylation sites (tertiary alicyclic amines) is 1. The van der Waals surface area contributed by atoms with Gasteiger partial charge in [0.05, 0.1) is 11.6 Å². The fourth-order valence-electron chi connectivity index (χ4n) is 3.18. The fourth-order valence-corrected chi connectivity index (χ4v) is 3.18. The summed E-state index contributed by atoms with van der Waals surface area (Å²) in [4.78, 5) is 16.9. The van der Waals surface area contributed by atoms with Crippen molar-refractivity contribution in [3.8, 4) is 0 Å². The second-order valence-electron chi connectivity index (χ2n) is 5.98. The molecule has 0 amide bonds. The molecule has 128 valence electrons. The molecule has 1 aromatic heterocycles. The van der Waals surface area contributed by atoms with E-state index in [1.165, 1.54) is 6.07 Å². The van der Waals surface area contributed by atoms with E-state index in [0.29, 0.717) is 31.7 Å². The molecule has 0 spiro atoms. The van der Waals surface area contributed by atoms with E-state index in [9.17, 15) is 23.1 Å². The maximum Gasteiger partial charge on any atom is 0.433 e. The highest BCUT2D eigenvalue weighted by Crippen LogP contribution is 2.29. The first-order valence-electron chi connectivity index (χ1n) is 7.79. The number of nitrogens with zero attached hydrogens (tertiary/aromatic N) is 2. The highest BCUT2D eigenvalue weighted by molar-refractivity contribution is 5.70. The van der Waals surface area contributed by atoms with E-state index in [1.807, 2.05) is 11.8 Å². The highest BCUT2D eigenvalue weighted by atomic mass is 19.4. The Morgan fingerprint density at radius 3 is 2.57 bits per heavy atom. The van der Waals surface area contributed by atoms with Gasteiger partial charge in [0.15, 0.2) is 0 Å². The van der Waals surface area contributed by atoms with Crippen LogP contribution in [0.25, 0.3) is 0 Å². The van der Waals surface area contributed by atoms with Crippen molar-refractivity contribution in [2.24, 2.45) is 11.8 Å². The number of pyridine rings is 1. The van der Waals surface area contributed by atoms with E-state index in [-0.39, 0.29) is 11.8 Å². The lowest BCUT2D eigenvalue weighted by Crippen LogP contribution is -2.37. The van der Waals surface area contributed by atoms with Crippen molar-refractivity contribution in [1.82, 2.24) is 9.88 Å². The van der Waals surface area contributed by atoms with Crippen molar-refractivity contribution < 1.29 is 23.1 Å². The van der Waals surface area contributed by atoms with Crippen LogP contribution in [0.5, 0.6) is 0 Å². The second-order valence-corrected chi connectivity index (χ2v) is 5.98. The van der Waals surface area contributed by atoms with E-state index < -0.39 is 17.8 Å². The van der Waals surface area contributed by atoms with E-state index in [4.69, 9.17) is 0 Å². The van der Waals surface area contributed by atoms with Gasteiger partial charge < -0.3 is 5.11 Å². The summed E-state index contributed by atoms with van der Waals surface area (Å²) in [5, 5.41) is 9.20. The van der Waals surface area contributed by atoms with Crippen LogP contribution in [0.4, 0.5) is 13.2 Å². The number of carbonyl (C=O) groups is 1. The summed E-state index contributed by atoms with van der Waals surface area (Å²) in [5.74, 6) is -0.947. The number of aliphatic carboxylic acids is 1. The molecule has 1 atom stereocenters. The Kier molecular flexibility index (Phi) is 5.62. The quantitative estimate of drug-likeness (QED) is 0.899. The van der Waals surface area contributed by atoms with Crippen molar-refractivity contribution in [2.45, 2.75) is 38.9 Å². The first-order chi connectivity index (χ1) is 10.8. The summed E-state index contributed by atoms with van der Waals surface area (Å²) in [6, 6.07) is 3.93. The molecule has 23 heavy (non-hydrogen) atoms. The third-order valence-corrected chi connectivity index (χ3v) is 4.44. The summed E-state index contributed by atoms with van der Waals surface area (Å²) < 4.78 is 38.0. The predicted octanol–water partition coefficient (Wildman–Crippen LogP) is 3.42. The topological polar surface area (TPSA) is 53.4 Å². The van der Waals surface area contributed by atoms with E-state index in [0.717, 1.165) is 18.9 Å². The number of aromatic nitrogens is 1. The number of hydrogen-bond acceptors (Lipinski definition) is 3. The second kappa shape index (κ2) is 7.29. The van der Waals surface area contributed by atoms with Gasteiger partial charge in [0.25, 0.3) is 0 Å². The Morgan fingerprint density at radius 2 is 2.04 bits per heavy atom. The number of piperidine rings is 1. The van der Waals surface area contributed by atoms with Crippen molar-refractivity contribution in [3.05, 3.63) is 29.6 Å². The zero-order chi connectivity index (χ0) is 17.0. The summed E-state index contributed by atoms with van der Waals surface area (Å²) in [6.07, 6.45) is -2.32. The van der Waals surface area contributed by atoms with Crippen molar-refractivity contribution in [1.29, 1.82) is 0 Å². The molecule has 1 unspecified atom stereocenters. The molecule has 2 heterocycles. The van der Waals surface area contributed by atoms with Gasteiger partial charge in [-0.25, -0.2) is 4.98 Å². The largest absolute Gasteiger partial charge is 0.481 e. The fraction of sp³-hybridized carbons (Fsp3) is 0.625. The Hall–Kier alpha value is -1.63. The number of carboxylic acids is 1. The van der Waals surface area contributed by atoms with E-state index >= 15 is 0 Å². The first kappa shape index (κ1) is 17.7. The molecule has 1 aliphatic rings. The summed E-state index contributed by atoms with van der Waals surface area (Å²) in [7, 11) is 0. The SMILES string of the molecule is CCC(C(=O)O)C1CCN(Cc2cccc(C(F)(F)F)n2)CC1. The monoisotopic (exact) mass is 330 g/mol. The maximum atomic E-state index is 12.7. The van der Waals surface area contributed by atoms with Gasteiger partial charge in [0, 0.05) is 6.54 Å². The number of carboxylic acid groups (broad SMARTS) is 1. The number of rotatable bonds is 5. The molecule has 0 bridgehead atoms. The zero-order valence-corrected chi connectivity index (χ0v) is 13.0. The molecule has 2 rings (SSSR count). The number of alkyl halides is 3. The van der Waals surface area contributed by atoms with Crippen molar-refractivity contribution in [2.75, 3.05) is 13.1 Å². The highest BCUT2D eigenvalue weighted by Gasteiger charge is 2.33. The van der Waals surface area contributed by atoms with Crippen molar-refractivity contribution in [3.63, 3.8) is 0 Å². The van der Waals surface area contributed by atoms with Crippen LogP contribution in [-0.4, -0.2) is 34.0 Å². The first-order valence-corrected chi connectivity index (χ1v) is 7.79. The molecule has 0 aliphatic carbocycles. The standard InChI is InChI=1S/C16H21F3N2O2/c1-2-13(15(22)23)11-6-8-21(9-7-11)10-12-4-3-5-14(20-12)16(17,18)19/h3-5,11,13H,2,6-10H2,1H3,(H,22,23). The molecule has 0 radical (unpaired) electrons. The van der Waals surface area contributed by atoms with Crippen LogP contribution in [0.1, 0.15) is 37.6 Å². The molecular formula is C16H21F3N2O2. The van der Waals surface area contributed by atoms with Gasteiger partial charge in [-0.2, -0.15) is 13.2 Å². The lowest BCUT2D eigenvalue weighted by molar-refractivity contribution is -0.144. The molecule has 1 aromatic rings. The van der Waals surface area contributed by atoms with Crippen LogP contribution < -0.4 is 0 Å². The Morgan fingerprint density at radius 1 is 1.39 bits per heavy atom. The lowest BCUT2D eigenvalue weighted by atomic mass is 9.83. The normalized spacial score (nSPS) is 18.8. The van der Waals surface area contributed by atoms with Gasteiger partial charge in [-0.15, -0.1) is 0 Å². The summed E-state index contributed by atoms with van der Waals surface area (Å²) in [5.41, 5.74) is -0.481. The summed E-state index contributed by atoms with van der Waals surface area (Å²) >= 11 is 0. The molecule has 0 aromatic carbocycles. The smallest absolute Gasteiger partial charge is 0.433 e. The molecule has 4 nitrogen and oxygen atoms in total. The van der Waals surface area contributed by atoms with Gasteiger partial charge in [-0.05, 0) is 50.4 Å². The maximum absolute atomic E-state index is 12.7. The minimum Gasteiger partial charge on any atom is -0.481 e. The molecule has 0 saturated carbocycles. The molecule has 7 heteroatoms. The Balaban J connectivity index is 1.93. The molecule has 1 fully saturated rings. The number of halogens is 3. The molecular weight excluding hydrogens is 309 g/mol. The molecule has 1 aliphatic heterocycles. The summed E-state index contributed by atoms with van der Waals surface area (Å²) in [6.45, 7) is 3.61. The van der Waals surface area contributed by atoms with Crippen LogP contribution in [0.2, 0.25) is 0 Å². The molecule has 1 saturated heterocycles. The van der Waals surface area contributed by atoms with Crippen LogP contribution in [0.15, 0.2) is 18.2 Å². The van der Waals surface area contributed by atoms with Gasteiger partial charge >= 0.3 is 12.1 Å². The predicted molar refractivity (Wildman–Crippen MR) is 78.7 cm³/mol. The van der Waals surface area contributed by atoms with Crippen LogP contribution in [-0.2, 0) is 17.5 Å². The van der Waals surface area contributed by atoms with Gasteiger partial charge in [-0.1, -0.05) is 13.0 Å². The van der Waals surface area contributed by atoms with E-state index in [1.54, 1.807) is 6.07 Å². The van der Waals surface area contributed by atoms with Crippen molar-refractivity contribution >= 4 is 5.97 Å². The van der Waals surface area contributed by atoms with Gasteiger partial charge in [0.2, 0.25) is 0 Å². The van der Waals surface area contributed by atoms with Gasteiger partial charge in [-0.3, -0.25) is 9.69 Å². The third kappa shape index (κ3) is 4.67. The van der Waals surface area contributed by atoms with Crippen LogP contribution >= 0.6 is 0 Å². The minimum atomic E-state index is -4.43. The average Bonchev–Trinajstić information content (AvgIpc) is 2.49. The lowest BCUT2D eigenvalue weighted by Gasteiger charge is -2.34. The molecule has 1 N–H and O–H groups in total. The van der Waals surface area contributed by atoms with Crippen LogP contribution in [0, 0.1) is 11.8 Å². The van der Waals surface area contributed by atoms with Gasteiger partial charge in [0.1, 0.15) is 5.69 Å². The zero-order valence-electron chi connectivity index (χ0n) is 13.0. The minimum absolute atomic E-state index is 0.142. The van der Waals surface area contributed by atoms with E-state index in [2.05, 4.69) is 4.98 Å². The Bertz CT molecular complexity index is 540.